The van der Waals surface area contributed by atoms with E-state index in [9.17, 15) is 0 Å². The van der Waals surface area contributed by atoms with Crippen molar-refractivity contribution in [2.24, 2.45) is 0 Å². The summed E-state index contributed by atoms with van der Waals surface area (Å²) in [6, 6.07) is 0. The van der Waals surface area contributed by atoms with Gasteiger partial charge in [-0.05, 0) is 38.5 Å². The van der Waals surface area contributed by atoms with Crippen molar-refractivity contribution >= 4 is 0 Å². The van der Waals surface area contributed by atoms with Gasteiger partial charge in [-0.1, -0.05) is 76.9 Å². The minimum atomic E-state index is 1.07. The minimum Gasteiger partial charge on any atom is -0.198 e. The maximum atomic E-state index is 4.08. The Hall–Kier alpha value is -1.12. The van der Waals surface area contributed by atoms with Crippen LogP contribution in [0, 0.1) is 0 Å². The molecule has 0 radical (unpaired) electrons. The van der Waals surface area contributed by atoms with Crippen LogP contribution in [0.5, 0.6) is 0 Å². The number of aryl methyl sites for hydroxylation is 1. The first kappa shape index (κ1) is 19.9. The van der Waals surface area contributed by atoms with Gasteiger partial charge in [0, 0.05) is 0 Å². The molecule has 0 atom stereocenters. The molecule has 1 rings (SSSR count). The Morgan fingerprint density at radius 2 is 1.35 bits per heavy atom. The lowest BCUT2D eigenvalue weighted by Crippen LogP contribution is -1.86. The summed E-state index contributed by atoms with van der Waals surface area (Å²) < 4.78 is 0. The standard InChI is InChI=1S/C20H37N3/c1-2-3-4-5-6-7-8-9-10-11-12-13-14-15-16-17-18-20-19-21-23-22-20/h9-10,19H,2-8,11-18H2,1H3,(H,21,22,23)/b10-9-. The Morgan fingerprint density at radius 3 is 1.91 bits per heavy atom. The maximum Gasteiger partial charge on any atom is 0.0824 e. The van der Waals surface area contributed by atoms with Gasteiger partial charge in [0.2, 0.25) is 0 Å². The van der Waals surface area contributed by atoms with Gasteiger partial charge in [0.1, 0.15) is 0 Å². The van der Waals surface area contributed by atoms with Crippen LogP contribution in [-0.2, 0) is 6.42 Å². The molecular weight excluding hydrogens is 282 g/mol. The molecule has 0 saturated heterocycles. The zero-order valence-electron chi connectivity index (χ0n) is 15.2. The van der Waals surface area contributed by atoms with E-state index in [1.54, 1.807) is 0 Å². The summed E-state index contributed by atoms with van der Waals surface area (Å²) in [6.45, 7) is 2.28. The van der Waals surface area contributed by atoms with Gasteiger partial charge in [0.05, 0.1) is 11.9 Å². The van der Waals surface area contributed by atoms with E-state index in [4.69, 9.17) is 0 Å². The molecule has 1 aromatic rings. The number of H-pyrrole nitrogens is 1. The van der Waals surface area contributed by atoms with Crippen molar-refractivity contribution in [3.63, 3.8) is 0 Å². The van der Waals surface area contributed by atoms with Crippen LogP contribution in [0.2, 0.25) is 0 Å². The fourth-order valence-corrected chi connectivity index (χ4v) is 2.90. The number of hydrogen-bond donors (Lipinski definition) is 1. The third kappa shape index (κ3) is 13.1. The third-order valence-corrected chi connectivity index (χ3v) is 4.41. The van der Waals surface area contributed by atoms with Gasteiger partial charge in [-0.15, -0.1) is 0 Å². The lowest BCUT2D eigenvalue weighted by Gasteiger charge is -2.00. The number of aromatic nitrogens is 3. The zero-order chi connectivity index (χ0) is 16.4. The summed E-state index contributed by atoms with van der Waals surface area (Å²) in [4.78, 5) is 0. The van der Waals surface area contributed by atoms with E-state index < -0.39 is 0 Å². The predicted molar refractivity (Wildman–Crippen MR) is 99.5 cm³/mol. The molecule has 0 amide bonds. The number of nitrogens with zero attached hydrogens (tertiary/aromatic N) is 2. The number of unbranched alkanes of at least 4 members (excludes halogenated alkanes) is 12. The van der Waals surface area contributed by atoms with Crippen molar-refractivity contribution in [2.75, 3.05) is 0 Å². The highest BCUT2D eigenvalue weighted by Crippen LogP contribution is 2.10. The zero-order valence-corrected chi connectivity index (χ0v) is 15.2. The summed E-state index contributed by atoms with van der Waals surface area (Å²) in [7, 11) is 0. The smallest absolute Gasteiger partial charge is 0.0824 e. The van der Waals surface area contributed by atoms with E-state index in [1.807, 2.05) is 6.20 Å². The summed E-state index contributed by atoms with van der Waals surface area (Å²) in [5.41, 5.74) is 1.10. The second-order valence-corrected chi connectivity index (χ2v) is 6.65. The topological polar surface area (TPSA) is 41.6 Å². The molecule has 132 valence electrons. The molecule has 23 heavy (non-hydrogen) atoms. The number of aromatic amines is 1. The van der Waals surface area contributed by atoms with Crippen LogP contribution in [0.4, 0.5) is 0 Å². The van der Waals surface area contributed by atoms with Gasteiger partial charge in [-0.3, -0.25) is 0 Å². The van der Waals surface area contributed by atoms with Gasteiger partial charge >= 0.3 is 0 Å². The molecule has 0 aliphatic rings. The molecule has 3 nitrogen and oxygen atoms in total. The van der Waals surface area contributed by atoms with E-state index in [2.05, 4.69) is 34.5 Å². The van der Waals surface area contributed by atoms with Crippen molar-refractivity contribution in [3.05, 3.63) is 24.0 Å². The largest absolute Gasteiger partial charge is 0.198 e. The van der Waals surface area contributed by atoms with Crippen LogP contribution in [-0.4, -0.2) is 15.4 Å². The van der Waals surface area contributed by atoms with Crippen molar-refractivity contribution in [2.45, 2.75) is 103 Å². The van der Waals surface area contributed by atoms with Crippen LogP contribution in [0.3, 0.4) is 0 Å². The molecule has 0 aliphatic carbocycles. The highest BCUT2D eigenvalue weighted by atomic mass is 15.3. The summed E-state index contributed by atoms with van der Waals surface area (Å²) in [5.74, 6) is 0. The van der Waals surface area contributed by atoms with Gasteiger partial charge in [0.15, 0.2) is 0 Å². The molecule has 0 bridgehead atoms. The number of hydrogen-bond acceptors (Lipinski definition) is 2. The molecule has 0 spiro atoms. The first-order valence-corrected chi connectivity index (χ1v) is 9.93. The molecule has 0 saturated carbocycles. The number of nitrogens with one attached hydrogen (secondary N) is 1. The average Bonchev–Trinajstić information content (AvgIpc) is 3.08. The highest BCUT2D eigenvalue weighted by molar-refractivity contribution is 4.89. The Kier molecular flexibility index (Phi) is 13.7. The summed E-state index contributed by atoms with van der Waals surface area (Å²) in [5, 5.41) is 10.6. The van der Waals surface area contributed by atoms with Crippen LogP contribution < -0.4 is 0 Å². The molecule has 0 unspecified atom stereocenters. The molecule has 1 heterocycles. The lowest BCUT2D eigenvalue weighted by molar-refractivity contribution is 0.593. The molecule has 0 aromatic carbocycles. The molecule has 0 fully saturated rings. The normalized spacial score (nSPS) is 11.5. The van der Waals surface area contributed by atoms with Gasteiger partial charge in [-0.25, -0.2) is 0 Å². The minimum absolute atomic E-state index is 1.07. The van der Waals surface area contributed by atoms with Crippen LogP contribution in [0.1, 0.15) is 103 Å². The Balaban J connectivity index is 1.73. The first-order chi connectivity index (χ1) is 11.4. The Labute approximate surface area is 143 Å². The second-order valence-electron chi connectivity index (χ2n) is 6.65. The lowest BCUT2D eigenvalue weighted by atomic mass is 10.1. The van der Waals surface area contributed by atoms with E-state index in [-0.39, 0.29) is 0 Å². The number of rotatable bonds is 16. The SMILES string of the molecule is CCCCCCCC/C=C\CCCCCCCCc1cn[nH]n1. The van der Waals surface area contributed by atoms with Crippen LogP contribution in [0.15, 0.2) is 18.3 Å². The molecule has 0 aliphatic heterocycles. The molecular formula is C20H37N3. The van der Waals surface area contributed by atoms with Crippen molar-refractivity contribution in [1.29, 1.82) is 0 Å². The van der Waals surface area contributed by atoms with Crippen molar-refractivity contribution in [1.82, 2.24) is 15.4 Å². The molecule has 3 heteroatoms. The van der Waals surface area contributed by atoms with Crippen LogP contribution in [0.25, 0.3) is 0 Å². The van der Waals surface area contributed by atoms with E-state index >= 15 is 0 Å². The monoisotopic (exact) mass is 319 g/mol. The van der Waals surface area contributed by atoms with Crippen LogP contribution >= 0.6 is 0 Å². The fourth-order valence-electron chi connectivity index (χ4n) is 2.90. The maximum absolute atomic E-state index is 4.08. The van der Waals surface area contributed by atoms with Crippen molar-refractivity contribution in [3.8, 4) is 0 Å². The Bertz CT molecular complexity index is 357. The number of allylic oxidation sites excluding steroid dienone is 2. The predicted octanol–water partition coefficient (Wildman–Crippen LogP) is 6.38. The summed E-state index contributed by atoms with van der Waals surface area (Å²) in [6.07, 6.45) is 26.7. The fraction of sp³-hybridized carbons (Fsp3) is 0.800. The van der Waals surface area contributed by atoms with E-state index in [0.29, 0.717) is 0 Å². The second kappa shape index (κ2) is 15.8. The highest BCUT2D eigenvalue weighted by Gasteiger charge is 1.96. The third-order valence-electron chi connectivity index (χ3n) is 4.41. The average molecular weight is 320 g/mol. The van der Waals surface area contributed by atoms with Gasteiger partial charge in [-0.2, -0.15) is 15.4 Å². The molecule has 1 N–H and O–H groups in total. The van der Waals surface area contributed by atoms with Crippen molar-refractivity contribution < 1.29 is 0 Å². The molecule has 1 aromatic heterocycles. The quantitative estimate of drug-likeness (QED) is 0.283. The van der Waals surface area contributed by atoms with E-state index in [0.717, 1.165) is 12.1 Å². The van der Waals surface area contributed by atoms with Gasteiger partial charge in [0.25, 0.3) is 0 Å². The van der Waals surface area contributed by atoms with E-state index in [1.165, 1.54) is 89.9 Å². The summed E-state index contributed by atoms with van der Waals surface area (Å²) >= 11 is 0. The van der Waals surface area contributed by atoms with Gasteiger partial charge < -0.3 is 0 Å². The first-order valence-electron chi connectivity index (χ1n) is 9.93. The Morgan fingerprint density at radius 1 is 0.783 bits per heavy atom.